The number of hydrogen-bond donors (Lipinski definition) is 1. The molecule has 1 aliphatic rings. The third-order valence-electron chi connectivity index (χ3n) is 3.92. The molecular weight excluding hydrogens is 306 g/mol. The number of ether oxygens (including phenoxy) is 2. The van der Waals surface area contributed by atoms with E-state index in [4.69, 9.17) is 9.47 Å². The van der Waals surface area contributed by atoms with Crippen LogP contribution in [0.15, 0.2) is 4.47 Å². The molecule has 4 heteroatoms. The quantitative estimate of drug-likeness (QED) is 0.913. The Labute approximate surface area is 123 Å². The van der Waals surface area contributed by atoms with E-state index in [9.17, 15) is 0 Å². The summed E-state index contributed by atoms with van der Waals surface area (Å²) in [6.07, 6.45) is 3.66. The van der Waals surface area contributed by atoms with Gasteiger partial charge in [-0.25, -0.2) is 0 Å². The van der Waals surface area contributed by atoms with Crippen LogP contribution in [0.25, 0.3) is 0 Å². The molecule has 0 saturated carbocycles. The molecule has 0 aromatic heterocycles. The lowest BCUT2D eigenvalue weighted by Crippen LogP contribution is -2.28. The van der Waals surface area contributed by atoms with Crippen molar-refractivity contribution in [2.45, 2.75) is 39.2 Å². The molecule has 0 aliphatic carbocycles. The molecule has 0 bridgehead atoms. The van der Waals surface area contributed by atoms with E-state index in [0.29, 0.717) is 6.04 Å². The Kier molecular flexibility index (Phi) is 4.74. The first-order valence-corrected chi connectivity index (χ1v) is 7.55. The van der Waals surface area contributed by atoms with Crippen LogP contribution in [0.4, 0.5) is 0 Å². The maximum atomic E-state index is 5.65. The molecule has 0 radical (unpaired) electrons. The van der Waals surface area contributed by atoms with Crippen LogP contribution in [0.5, 0.6) is 11.5 Å². The zero-order chi connectivity index (χ0) is 14.0. The Morgan fingerprint density at radius 3 is 2.26 bits per heavy atom. The van der Waals surface area contributed by atoms with Crippen LogP contribution in [0.3, 0.4) is 0 Å². The molecule has 3 nitrogen and oxygen atoms in total. The fourth-order valence-electron chi connectivity index (χ4n) is 2.93. The van der Waals surface area contributed by atoms with Gasteiger partial charge in [-0.3, -0.25) is 0 Å². The summed E-state index contributed by atoms with van der Waals surface area (Å²) in [4.78, 5) is 0. The molecule has 19 heavy (non-hydrogen) atoms. The summed E-state index contributed by atoms with van der Waals surface area (Å²) in [7, 11) is 3.42. The maximum Gasteiger partial charge on any atom is 0.166 e. The maximum absolute atomic E-state index is 5.65. The normalized spacial score (nSPS) is 19.3. The van der Waals surface area contributed by atoms with Crippen LogP contribution in [-0.4, -0.2) is 20.8 Å². The van der Waals surface area contributed by atoms with Crippen LogP contribution in [0.2, 0.25) is 0 Å². The van der Waals surface area contributed by atoms with Crippen molar-refractivity contribution in [1.82, 2.24) is 5.32 Å². The zero-order valence-corrected chi connectivity index (χ0v) is 13.7. The van der Waals surface area contributed by atoms with Crippen LogP contribution in [0, 0.1) is 13.8 Å². The molecule has 1 heterocycles. The second kappa shape index (κ2) is 6.14. The Bertz CT molecular complexity index is 468. The highest BCUT2D eigenvalue weighted by Crippen LogP contribution is 2.45. The summed E-state index contributed by atoms with van der Waals surface area (Å²) >= 11 is 3.69. The van der Waals surface area contributed by atoms with Gasteiger partial charge in [0, 0.05) is 21.6 Å². The van der Waals surface area contributed by atoms with Crippen molar-refractivity contribution in [3.05, 3.63) is 21.2 Å². The summed E-state index contributed by atoms with van der Waals surface area (Å²) in [5.41, 5.74) is 3.57. The van der Waals surface area contributed by atoms with Crippen LogP contribution in [0.1, 0.15) is 42.0 Å². The first-order chi connectivity index (χ1) is 9.11. The molecule has 1 N–H and O–H groups in total. The van der Waals surface area contributed by atoms with Crippen molar-refractivity contribution in [2.75, 3.05) is 20.8 Å². The number of rotatable bonds is 3. The van der Waals surface area contributed by atoms with Gasteiger partial charge in [-0.05, 0) is 38.8 Å². The Morgan fingerprint density at radius 2 is 1.74 bits per heavy atom. The third-order valence-corrected chi connectivity index (χ3v) is 5.11. The van der Waals surface area contributed by atoms with E-state index < -0.39 is 0 Å². The molecule has 106 valence electrons. The summed E-state index contributed by atoms with van der Waals surface area (Å²) in [5.74, 6) is 1.71. The van der Waals surface area contributed by atoms with E-state index in [0.717, 1.165) is 34.5 Å². The summed E-state index contributed by atoms with van der Waals surface area (Å²) in [5, 5.41) is 3.59. The highest BCUT2D eigenvalue weighted by atomic mass is 79.9. The Morgan fingerprint density at radius 1 is 1.05 bits per heavy atom. The molecule has 1 saturated heterocycles. The standard InChI is InChI=1S/C15H22BrNO2/c1-9-12(11-7-5-6-8-17-11)15(19-4)14(18-3)10(2)13(9)16/h11,17H,5-8H2,1-4H3. The average Bonchev–Trinajstić information content (AvgIpc) is 2.45. The molecule has 0 amide bonds. The predicted octanol–water partition coefficient (Wildman–Crippen LogP) is 3.90. The minimum atomic E-state index is 0.356. The summed E-state index contributed by atoms with van der Waals surface area (Å²) < 4.78 is 12.3. The molecular formula is C15H22BrNO2. The SMILES string of the molecule is COc1c(C)c(Br)c(C)c(C2CCCCN2)c1OC. The summed E-state index contributed by atoms with van der Waals surface area (Å²) in [6.45, 7) is 5.27. The smallest absolute Gasteiger partial charge is 0.166 e. The number of methoxy groups -OCH3 is 2. The van der Waals surface area contributed by atoms with Crippen LogP contribution < -0.4 is 14.8 Å². The van der Waals surface area contributed by atoms with E-state index in [-0.39, 0.29) is 0 Å². The van der Waals surface area contributed by atoms with Crippen molar-refractivity contribution in [3.63, 3.8) is 0 Å². The van der Waals surface area contributed by atoms with Gasteiger partial charge in [0.15, 0.2) is 11.5 Å². The fraction of sp³-hybridized carbons (Fsp3) is 0.600. The molecule has 1 aromatic rings. The van der Waals surface area contributed by atoms with Crippen molar-refractivity contribution < 1.29 is 9.47 Å². The van der Waals surface area contributed by atoms with Crippen LogP contribution >= 0.6 is 15.9 Å². The van der Waals surface area contributed by atoms with Crippen LogP contribution in [-0.2, 0) is 0 Å². The highest BCUT2D eigenvalue weighted by Gasteiger charge is 2.26. The molecule has 1 aromatic carbocycles. The number of halogens is 1. The van der Waals surface area contributed by atoms with Gasteiger partial charge in [0.05, 0.1) is 14.2 Å². The molecule has 1 fully saturated rings. The number of piperidine rings is 1. The average molecular weight is 328 g/mol. The third kappa shape index (κ3) is 2.61. The van der Waals surface area contributed by atoms with Gasteiger partial charge >= 0.3 is 0 Å². The van der Waals surface area contributed by atoms with E-state index in [1.54, 1.807) is 14.2 Å². The Balaban J connectivity index is 2.59. The first-order valence-electron chi connectivity index (χ1n) is 6.75. The van der Waals surface area contributed by atoms with Gasteiger partial charge < -0.3 is 14.8 Å². The number of hydrogen-bond acceptors (Lipinski definition) is 3. The van der Waals surface area contributed by atoms with E-state index in [1.807, 2.05) is 0 Å². The minimum Gasteiger partial charge on any atom is -0.493 e. The predicted molar refractivity (Wildman–Crippen MR) is 81.3 cm³/mol. The van der Waals surface area contributed by atoms with Crippen molar-refractivity contribution in [2.24, 2.45) is 0 Å². The van der Waals surface area contributed by atoms with Crippen molar-refractivity contribution in [3.8, 4) is 11.5 Å². The fourth-order valence-corrected chi connectivity index (χ4v) is 3.32. The van der Waals surface area contributed by atoms with Gasteiger partial charge in [-0.1, -0.05) is 22.4 Å². The van der Waals surface area contributed by atoms with Gasteiger partial charge in [0.25, 0.3) is 0 Å². The van der Waals surface area contributed by atoms with Gasteiger partial charge in [0.1, 0.15) is 0 Å². The lowest BCUT2D eigenvalue weighted by molar-refractivity contribution is 0.335. The van der Waals surface area contributed by atoms with Gasteiger partial charge in [-0.2, -0.15) is 0 Å². The molecule has 1 unspecified atom stereocenters. The molecule has 2 rings (SSSR count). The van der Waals surface area contributed by atoms with E-state index >= 15 is 0 Å². The number of benzene rings is 1. The topological polar surface area (TPSA) is 30.5 Å². The van der Waals surface area contributed by atoms with Gasteiger partial charge in [0.2, 0.25) is 0 Å². The Hall–Kier alpha value is -0.740. The number of nitrogens with one attached hydrogen (secondary N) is 1. The van der Waals surface area contributed by atoms with Crippen molar-refractivity contribution >= 4 is 15.9 Å². The van der Waals surface area contributed by atoms with Gasteiger partial charge in [-0.15, -0.1) is 0 Å². The lowest BCUT2D eigenvalue weighted by Gasteiger charge is -2.29. The van der Waals surface area contributed by atoms with Crippen molar-refractivity contribution in [1.29, 1.82) is 0 Å². The van der Waals surface area contributed by atoms with E-state index in [1.165, 1.54) is 24.0 Å². The summed E-state index contributed by atoms with van der Waals surface area (Å²) in [6, 6.07) is 0.356. The highest BCUT2D eigenvalue weighted by molar-refractivity contribution is 9.10. The van der Waals surface area contributed by atoms with E-state index in [2.05, 4.69) is 35.1 Å². The first kappa shape index (κ1) is 14.7. The largest absolute Gasteiger partial charge is 0.493 e. The lowest BCUT2D eigenvalue weighted by atomic mass is 9.91. The molecule has 1 atom stereocenters. The monoisotopic (exact) mass is 327 g/mol. The minimum absolute atomic E-state index is 0.356. The second-order valence-electron chi connectivity index (χ2n) is 5.05. The zero-order valence-electron chi connectivity index (χ0n) is 12.1. The molecule has 1 aliphatic heterocycles. The second-order valence-corrected chi connectivity index (χ2v) is 5.84. The molecule has 0 spiro atoms.